The molecule has 0 fully saturated rings. The van der Waals surface area contributed by atoms with Gasteiger partial charge in [-0.25, -0.2) is 4.39 Å². The summed E-state index contributed by atoms with van der Waals surface area (Å²) in [5.41, 5.74) is 1.79. The molecule has 0 saturated heterocycles. The summed E-state index contributed by atoms with van der Waals surface area (Å²) in [7, 11) is 1.44. The third kappa shape index (κ3) is 4.25. The SMILES string of the molecule is COc1cc(-c2ccc(Oc3cn[nH]n3)cc2)ccc1F.O=C=O. The summed E-state index contributed by atoms with van der Waals surface area (Å²) in [5.74, 6) is 0.871. The number of ether oxygens (including phenoxy) is 2. The molecule has 7 nitrogen and oxygen atoms in total. The summed E-state index contributed by atoms with van der Waals surface area (Å²) in [6.45, 7) is 0. The molecule has 0 radical (unpaired) electrons. The second kappa shape index (κ2) is 8.21. The lowest BCUT2D eigenvalue weighted by molar-refractivity contribution is -0.191. The van der Waals surface area contributed by atoms with Gasteiger partial charge in [-0.15, -0.1) is 5.10 Å². The first-order valence-electron chi connectivity index (χ1n) is 6.64. The fraction of sp³-hybridized carbons (Fsp3) is 0.0625. The number of methoxy groups -OCH3 is 1. The summed E-state index contributed by atoms with van der Waals surface area (Å²) >= 11 is 0. The van der Waals surface area contributed by atoms with E-state index in [1.807, 2.05) is 12.1 Å². The summed E-state index contributed by atoms with van der Waals surface area (Å²) in [4.78, 5) is 16.2. The van der Waals surface area contributed by atoms with Crippen molar-refractivity contribution in [3.05, 3.63) is 54.5 Å². The quantitative estimate of drug-likeness (QED) is 0.791. The number of carbonyl (C=O) groups excluding carboxylic acids is 2. The Hall–Kier alpha value is -3.51. The molecule has 0 aliphatic carbocycles. The summed E-state index contributed by atoms with van der Waals surface area (Å²) in [6, 6.07) is 12.1. The molecule has 0 aliphatic rings. The number of aromatic nitrogens is 3. The molecule has 2 aromatic carbocycles. The molecule has 0 bridgehead atoms. The van der Waals surface area contributed by atoms with Gasteiger partial charge in [0.1, 0.15) is 11.9 Å². The maximum absolute atomic E-state index is 13.4. The average molecular weight is 329 g/mol. The van der Waals surface area contributed by atoms with Gasteiger partial charge in [0, 0.05) is 0 Å². The molecule has 1 aromatic heterocycles. The van der Waals surface area contributed by atoms with E-state index in [9.17, 15) is 4.39 Å². The number of hydrogen-bond acceptors (Lipinski definition) is 6. The van der Waals surface area contributed by atoms with Crippen LogP contribution in [0.2, 0.25) is 0 Å². The third-order valence-electron chi connectivity index (χ3n) is 2.95. The van der Waals surface area contributed by atoms with E-state index in [4.69, 9.17) is 19.1 Å². The Labute approximate surface area is 136 Å². The Balaban J connectivity index is 0.000000647. The fourth-order valence-electron chi connectivity index (χ4n) is 1.92. The molecule has 8 heteroatoms. The average Bonchev–Trinajstić information content (AvgIpc) is 3.10. The van der Waals surface area contributed by atoms with Gasteiger partial charge in [0.25, 0.3) is 5.88 Å². The van der Waals surface area contributed by atoms with E-state index in [-0.39, 0.29) is 17.7 Å². The van der Waals surface area contributed by atoms with Crippen LogP contribution in [-0.4, -0.2) is 28.7 Å². The molecule has 0 amide bonds. The Morgan fingerprint density at radius 2 is 1.75 bits per heavy atom. The molecule has 0 atom stereocenters. The van der Waals surface area contributed by atoms with Crippen LogP contribution in [0.4, 0.5) is 4.39 Å². The van der Waals surface area contributed by atoms with Crippen LogP contribution in [0.3, 0.4) is 0 Å². The highest BCUT2D eigenvalue weighted by atomic mass is 19.1. The molecule has 122 valence electrons. The lowest BCUT2D eigenvalue weighted by atomic mass is 10.1. The first-order chi connectivity index (χ1) is 11.7. The number of rotatable bonds is 4. The van der Waals surface area contributed by atoms with Crippen molar-refractivity contribution in [2.45, 2.75) is 0 Å². The molecule has 0 unspecified atom stereocenters. The van der Waals surface area contributed by atoms with Crippen LogP contribution in [0.5, 0.6) is 17.4 Å². The second-order valence-corrected chi connectivity index (χ2v) is 4.37. The number of halogens is 1. The van der Waals surface area contributed by atoms with Crippen LogP contribution in [-0.2, 0) is 9.59 Å². The van der Waals surface area contributed by atoms with Gasteiger partial charge < -0.3 is 9.47 Å². The maximum atomic E-state index is 13.4. The summed E-state index contributed by atoms with van der Waals surface area (Å²) in [6.07, 6.45) is 1.73. The molecule has 0 saturated carbocycles. The largest absolute Gasteiger partial charge is 0.494 e. The number of aromatic amines is 1. The minimum atomic E-state index is -0.382. The standard InChI is InChI=1S/C15H12FN3O2.CO2/c1-20-14-8-11(4-7-13(14)16)10-2-5-12(6-3-10)21-15-9-17-19-18-15;2-1-3/h2-9H,1H3,(H,17,18,19);. The molecular weight excluding hydrogens is 317 g/mol. The van der Waals surface area contributed by atoms with Crippen molar-refractivity contribution >= 4 is 6.15 Å². The van der Waals surface area contributed by atoms with E-state index < -0.39 is 0 Å². The molecule has 24 heavy (non-hydrogen) atoms. The van der Waals surface area contributed by atoms with E-state index >= 15 is 0 Å². The Kier molecular flexibility index (Phi) is 5.76. The predicted octanol–water partition coefficient (Wildman–Crippen LogP) is 2.83. The topological polar surface area (TPSA) is 94.2 Å². The predicted molar refractivity (Wildman–Crippen MR) is 79.9 cm³/mol. The van der Waals surface area contributed by atoms with Crippen LogP contribution in [0.15, 0.2) is 48.7 Å². The first-order valence-corrected chi connectivity index (χ1v) is 6.64. The zero-order valence-electron chi connectivity index (χ0n) is 12.5. The minimum Gasteiger partial charge on any atom is -0.494 e. The van der Waals surface area contributed by atoms with Gasteiger partial charge in [0.15, 0.2) is 11.6 Å². The molecule has 0 spiro atoms. The highest BCUT2D eigenvalue weighted by Gasteiger charge is 2.06. The van der Waals surface area contributed by atoms with E-state index in [1.54, 1.807) is 24.3 Å². The number of nitrogens with zero attached hydrogens (tertiary/aromatic N) is 2. The zero-order valence-corrected chi connectivity index (χ0v) is 12.5. The van der Waals surface area contributed by atoms with E-state index in [1.165, 1.54) is 19.4 Å². The number of benzene rings is 2. The van der Waals surface area contributed by atoms with Gasteiger partial charge in [0.05, 0.1) is 7.11 Å². The Bertz CT molecular complexity index is 814. The van der Waals surface area contributed by atoms with Crippen molar-refractivity contribution in [3.63, 3.8) is 0 Å². The van der Waals surface area contributed by atoms with Gasteiger partial charge in [-0.05, 0) is 35.4 Å². The van der Waals surface area contributed by atoms with Crippen LogP contribution in [0.1, 0.15) is 0 Å². The zero-order chi connectivity index (χ0) is 17.4. The highest BCUT2D eigenvalue weighted by molar-refractivity contribution is 5.66. The summed E-state index contributed by atoms with van der Waals surface area (Å²) in [5, 5.41) is 9.94. The Morgan fingerprint density at radius 1 is 1.08 bits per heavy atom. The lowest BCUT2D eigenvalue weighted by Gasteiger charge is -2.07. The molecule has 3 rings (SSSR count). The van der Waals surface area contributed by atoms with Crippen LogP contribution in [0.25, 0.3) is 11.1 Å². The normalized spacial score (nSPS) is 9.42. The van der Waals surface area contributed by atoms with Gasteiger partial charge in [-0.3, -0.25) is 0 Å². The van der Waals surface area contributed by atoms with Crippen molar-refractivity contribution in [2.75, 3.05) is 7.11 Å². The fourth-order valence-corrected chi connectivity index (χ4v) is 1.92. The Morgan fingerprint density at radius 3 is 2.33 bits per heavy atom. The molecule has 3 aromatic rings. The van der Waals surface area contributed by atoms with Crippen LogP contribution in [0, 0.1) is 5.82 Å². The first kappa shape index (κ1) is 16.9. The van der Waals surface area contributed by atoms with Gasteiger partial charge in [0.2, 0.25) is 0 Å². The van der Waals surface area contributed by atoms with Crippen LogP contribution >= 0.6 is 0 Å². The van der Waals surface area contributed by atoms with Gasteiger partial charge in [-0.1, -0.05) is 18.2 Å². The molecule has 1 N–H and O–H groups in total. The van der Waals surface area contributed by atoms with E-state index in [0.717, 1.165) is 11.1 Å². The lowest BCUT2D eigenvalue weighted by Crippen LogP contribution is -1.89. The maximum Gasteiger partial charge on any atom is 0.373 e. The van der Waals surface area contributed by atoms with Crippen molar-refractivity contribution in [3.8, 4) is 28.5 Å². The molecular formula is C16H12FN3O4. The monoisotopic (exact) mass is 329 g/mol. The molecule has 1 heterocycles. The van der Waals surface area contributed by atoms with Crippen molar-refractivity contribution in [2.24, 2.45) is 0 Å². The third-order valence-corrected chi connectivity index (χ3v) is 2.95. The van der Waals surface area contributed by atoms with Crippen molar-refractivity contribution in [1.29, 1.82) is 0 Å². The number of H-pyrrole nitrogens is 1. The van der Waals surface area contributed by atoms with Crippen molar-refractivity contribution < 1.29 is 23.5 Å². The van der Waals surface area contributed by atoms with Gasteiger partial charge in [-0.2, -0.15) is 19.9 Å². The number of nitrogens with one attached hydrogen (secondary N) is 1. The van der Waals surface area contributed by atoms with E-state index in [0.29, 0.717) is 11.6 Å². The minimum absolute atomic E-state index is 0.218. The van der Waals surface area contributed by atoms with Gasteiger partial charge >= 0.3 is 6.15 Å². The van der Waals surface area contributed by atoms with E-state index in [2.05, 4.69) is 15.4 Å². The van der Waals surface area contributed by atoms with Crippen LogP contribution < -0.4 is 9.47 Å². The number of hydrogen-bond donors (Lipinski definition) is 1. The van der Waals surface area contributed by atoms with Crippen molar-refractivity contribution in [1.82, 2.24) is 15.4 Å². The second-order valence-electron chi connectivity index (χ2n) is 4.37. The smallest absolute Gasteiger partial charge is 0.373 e. The highest BCUT2D eigenvalue weighted by Crippen LogP contribution is 2.28. The summed E-state index contributed by atoms with van der Waals surface area (Å²) < 4.78 is 23.9. The molecule has 0 aliphatic heterocycles.